The smallest absolute Gasteiger partial charge is 0.410 e. The van der Waals surface area contributed by atoms with Gasteiger partial charge in [-0.2, -0.15) is 0 Å². The van der Waals surface area contributed by atoms with Gasteiger partial charge in [0.05, 0.1) is 49.5 Å². The van der Waals surface area contributed by atoms with E-state index in [0.717, 1.165) is 63.1 Å². The van der Waals surface area contributed by atoms with Crippen LogP contribution in [0.4, 0.5) is 9.59 Å². The monoisotopic (exact) mass is 745 g/mol. The molecule has 3 N–H and O–H groups in total. The van der Waals surface area contributed by atoms with Crippen molar-refractivity contribution in [3.63, 3.8) is 0 Å². The van der Waals surface area contributed by atoms with E-state index in [-0.39, 0.29) is 42.7 Å². The summed E-state index contributed by atoms with van der Waals surface area (Å²) in [6.07, 6.45) is 4.40. The van der Waals surface area contributed by atoms with Gasteiger partial charge >= 0.3 is 12.2 Å². The van der Waals surface area contributed by atoms with Crippen LogP contribution < -0.4 is 5.32 Å². The zero-order valence-electron chi connectivity index (χ0n) is 32.0. The summed E-state index contributed by atoms with van der Waals surface area (Å²) in [6, 6.07) is 19.3. The van der Waals surface area contributed by atoms with Crippen molar-refractivity contribution in [2.75, 3.05) is 20.2 Å². The summed E-state index contributed by atoms with van der Waals surface area (Å²) in [5, 5.41) is 4.80. The molecule has 0 bridgehead atoms. The highest BCUT2D eigenvalue weighted by atomic mass is 16.6. The number of hydrogen-bond donors (Lipinski definition) is 3. The minimum Gasteiger partial charge on any atom is -0.453 e. The van der Waals surface area contributed by atoms with Gasteiger partial charge in [0.2, 0.25) is 5.91 Å². The Labute approximate surface area is 319 Å². The maximum atomic E-state index is 13.5. The van der Waals surface area contributed by atoms with Crippen LogP contribution in [0.2, 0.25) is 0 Å². The fourth-order valence-corrected chi connectivity index (χ4v) is 7.37. The van der Waals surface area contributed by atoms with E-state index in [1.807, 2.05) is 52.9 Å². The summed E-state index contributed by atoms with van der Waals surface area (Å²) in [5.74, 6) is 0.635. The highest BCUT2D eigenvalue weighted by molar-refractivity contribution is 5.94. The third-order valence-corrected chi connectivity index (χ3v) is 10.2. The topological polar surface area (TPSA) is 163 Å². The average Bonchev–Trinajstić information content (AvgIpc) is 3.99. The fourth-order valence-electron chi connectivity index (χ4n) is 7.37. The standard InChI is InChI=1S/C42H47N7O6/c1-24(2)36(47-40(52)54-6)39(51)49-23-31(50)20-35(49)38-44-21-32(45-38)26-11-9-25(10-12-26)27-13-14-29-19-30(16-15-28(29)18-27)33-22-43-37(46-33)34-8-7-17-48(34)41(53)55-42(3,4)5/h9-16,18-19,21-22,24,34-36H,7-8,17,20,23H2,1-6H3,(H,43,46)(H,44,45)(H,47,52)/t34?,35-,36-/m0/s1. The molecule has 13 nitrogen and oxygen atoms in total. The van der Waals surface area contributed by atoms with Crippen LogP contribution in [0.15, 0.2) is 73.1 Å². The number of likely N-dealkylation sites (tertiary alicyclic amines) is 2. The lowest BCUT2D eigenvalue weighted by atomic mass is 9.98. The maximum Gasteiger partial charge on any atom is 0.410 e. The van der Waals surface area contributed by atoms with E-state index in [1.165, 1.54) is 12.0 Å². The number of ketones is 1. The number of amides is 3. The molecule has 55 heavy (non-hydrogen) atoms. The molecular formula is C42H47N7O6. The molecule has 5 aromatic rings. The summed E-state index contributed by atoms with van der Waals surface area (Å²) in [4.78, 5) is 70.2. The van der Waals surface area contributed by atoms with Crippen LogP contribution in [0.1, 0.15) is 77.6 Å². The largest absolute Gasteiger partial charge is 0.453 e. The first-order valence-electron chi connectivity index (χ1n) is 18.7. The second-order valence-electron chi connectivity index (χ2n) is 15.6. The van der Waals surface area contributed by atoms with Crippen molar-refractivity contribution in [3.8, 4) is 33.6 Å². The maximum absolute atomic E-state index is 13.5. The van der Waals surface area contributed by atoms with Crippen molar-refractivity contribution in [2.24, 2.45) is 5.92 Å². The molecule has 2 aromatic heterocycles. The van der Waals surface area contributed by atoms with Crippen LogP contribution in [0.25, 0.3) is 44.4 Å². The predicted molar refractivity (Wildman–Crippen MR) is 208 cm³/mol. The minimum atomic E-state index is -0.841. The van der Waals surface area contributed by atoms with E-state index in [2.05, 4.69) is 73.8 Å². The molecule has 2 aliphatic rings. The number of fused-ring (bicyclic) bond motifs is 1. The Bertz CT molecular complexity index is 2230. The zero-order chi connectivity index (χ0) is 39.0. The third kappa shape index (κ3) is 7.96. The normalized spacial score (nSPS) is 17.9. The molecule has 0 radical (unpaired) electrons. The number of rotatable bonds is 8. The molecule has 3 amide bonds. The molecule has 0 saturated carbocycles. The Hall–Kier alpha value is -5.98. The molecule has 13 heteroatoms. The van der Waals surface area contributed by atoms with Gasteiger partial charge in [-0.05, 0) is 79.1 Å². The van der Waals surface area contributed by atoms with Gasteiger partial charge in [-0.1, -0.05) is 62.4 Å². The number of carbonyl (C=O) groups excluding carboxylic acids is 4. The van der Waals surface area contributed by atoms with E-state index in [4.69, 9.17) is 9.47 Å². The number of carbonyl (C=O) groups is 4. The number of benzene rings is 3. The molecule has 0 spiro atoms. The number of nitrogens with one attached hydrogen (secondary N) is 3. The Balaban J connectivity index is 1.04. The predicted octanol–water partition coefficient (Wildman–Crippen LogP) is 7.58. The summed E-state index contributed by atoms with van der Waals surface area (Å²) >= 11 is 0. The number of aromatic amines is 2. The molecule has 3 aromatic carbocycles. The number of nitrogens with zero attached hydrogens (tertiary/aromatic N) is 4. The van der Waals surface area contributed by atoms with Crippen molar-refractivity contribution >= 4 is 34.6 Å². The second kappa shape index (κ2) is 15.0. The molecule has 2 aliphatic heterocycles. The number of H-pyrrole nitrogens is 2. The second-order valence-corrected chi connectivity index (χ2v) is 15.6. The molecule has 7 rings (SSSR count). The number of ether oxygens (including phenoxy) is 2. The first kappa shape index (κ1) is 37.3. The molecule has 1 unspecified atom stereocenters. The summed E-state index contributed by atoms with van der Waals surface area (Å²) in [5.41, 5.74) is 5.14. The Morgan fingerprint density at radius 1 is 0.818 bits per heavy atom. The molecular weight excluding hydrogens is 699 g/mol. The van der Waals surface area contributed by atoms with Crippen LogP contribution in [-0.4, -0.2) is 85.5 Å². The van der Waals surface area contributed by atoms with E-state index in [0.29, 0.717) is 12.4 Å². The van der Waals surface area contributed by atoms with E-state index < -0.39 is 23.8 Å². The fraction of sp³-hybridized carbons (Fsp3) is 0.381. The van der Waals surface area contributed by atoms with Gasteiger partial charge in [-0.25, -0.2) is 19.6 Å². The Morgan fingerprint density at radius 2 is 1.40 bits per heavy atom. The first-order valence-corrected chi connectivity index (χ1v) is 18.7. The van der Waals surface area contributed by atoms with Gasteiger partial charge in [0.15, 0.2) is 5.78 Å². The van der Waals surface area contributed by atoms with Gasteiger partial charge in [-0.3, -0.25) is 14.5 Å². The van der Waals surface area contributed by atoms with Crippen LogP contribution in [-0.2, 0) is 19.1 Å². The van der Waals surface area contributed by atoms with Gasteiger partial charge < -0.3 is 29.7 Å². The van der Waals surface area contributed by atoms with Crippen molar-refractivity contribution in [1.29, 1.82) is 0 Å². The lowest BCUT2D eigenvalue weighted by molar-refractivity contribution is -0.136. The molecule has 286 valence electrons. The average molecular weight is 746 g/mol. The van der Waals surface area contributed by atoms with Crippen LogP contribution in [0, 0.1) is 5.92 Å². The number of methoxy groups -OCH3 is 1. The lowest BCUT2D eigenvalue weighted by Gasteiger charge is -2.29. The summed E-state index contributed by atoms with van der Waals surface area (Å²) in [7, 11) is 1.24. The van der Waals surface area contributed by atoms with E-state index >= 15 is 0 Å². The number of Topliss-reactive ketones (excluding diaryl/α,β-unsaturated/α-hetero) is 1. The number of aromatic nitrogens is 4. The van der Waals surface area contributed by atoms with Gasteiger partial charge in [-0.15, -0.1) is 0 Å². The lowest BCUT2D eigenvalue weighted by Crippen LogP contribution is -2.51. The van der Waals surface area contributed by atoms with Crippen LogP contribution >= 0.6 is 0 Å². The van der Waals surface area contributed by atoms with E-state index in [1.54, 1.807) is 11.1 Å². The highest BCUT2D eigenvalue weighted by Gasteiger charge is 2.41. The van der Waals surface area contributed by atoms with Crippen molar-refractivity contribution in [2.45, 2.75) is 77.6 Å². The van der Waals surface area contributed by atoms with Gasteiger partial charge in [0, 0.05) is 18.5 Å². The molecule has 0 aliphatic carbocycles. The number of alkyl carbamates (subject to hydrolysis) is 1. The number of imidazole rings is 2. The van der Waals surface area contributed by atoms with Crippen LogP contribution in [0.3, 0.4) is 0 Å². The van der Waals surface area contributed by atoms with Gasteiger partial charge in [0.1, 0.15) is 23.3 Å². The van der Waals surface area contributed by atoms with E-state index in [9.17, 15) is 19.2 Å². The SMILES string of the molecule is COC(=O)N[C@H](C(=O)N1CC(=O)C[C@H]1c1ncc(-c2ccc(-c3ccc4cc(-c5cnc(C6CCCN6C(=O)OC(C)(C)C)[nH]5)ccc4c3)cc2)[nH]1)C(C)C. The number of hydrogen-bond acceptors (Lipinski definition) is 8. The third-order valence-electron chi connectivity index (χ3n) is 10.2. The van der Waals surface area contributed by atoms with Crippen molar-refractivity contribution < 1.29 is 28.7 Å². The quantitative estimate of drug-likeness (QED) is 0.146. The summed E-state index contributed by atoms with van der Waals surface area (Å²) in [6.45, 7) is 9.87. The van der Waals surface area contributed by atoms with Crippen molar-refractivity contribution in [1.82, 2.24) is 35.1 Å². The van der Waals surface area contributed by atoms with Crippen molar-refractivity contribution in [3.05, 3.63) is 84.7 Å². The minimum absolute atomic E-state index is 0.0475. The Kier molecular flexibility index (Phi) is 10.2. The zero-order valence-corrected chi connectivity index (χ0v) is 32.0. The molecule has 2 saturated heterocycles. The highest BCUT2D eigenvalue weighted by Crippen LogP contribution is 2.35. The van der Waals surface area contributed by atoms with Gasteiger partial charge in [0.25, 0.3) is 0 Å². The Morgan fingerprint density at radius 3 is 2.04 bits per heavy atom. The molecule has 4 heterocycles. The van der Waals surface area contributed by atoms with Crippen LogP contribution in [0.5, 0.6) is 0 Å². The molecule has 2 fully saturated rings. The summed E-state index contributed by atoms with van der Waals surface area (Å²) < 4.78 is 10.4. The molecule has 3 atom stereocenters. The first-order chi connectivity index (χ1) is 26.3.